The summed E-state index contributed by atoms with van der Waals surface area (Å²) in [6, 6.07) is 22.5. The molecule has 2 fully saturated rings. The van der Waals surface area contributed by atoms with Crippen LogP contribution in [0.15, 0.2) is 96.1 Å². The Morgan fingerprint density at radius 2 is 1.54 bits per heavy atom. The summed E-state index contributed by atoms with van der Waals surface area (Å²) in [6.07, 6.45) is -11.0. The van der Waals surface area contributed by atoms with Crippen LogP contribution < -0.4 is 5.32 Å². The van der Waals surface area contributed by atoms with Crippen LogP contribution in [0.1, 0.15) is 116 Å². The Balaban J connectivity index is 1.49. The molecule has 2 aliphatic carbocycles. The first-order valence-electron chi connectivity index (χ1n) is 23.9. The number of carbonyl (C=O) groups excluding carboxylic acids is 6. The monoisotopic (exact) mass is 1100 g/mol. The largest absolute Gasteiger partial charge is 0.455 e. The zero-order chi connectivity index (χ0) is 52.2. The normalized spacial score (nSPS) is 29.5. The summed E-state index contributed by atoms with van der Waals surface area (Å²) in [5.41, 5.74) is -5.62. The van der Waals surface area contributed by atoms with Crippen molar-refractivity contribution in [3.63, 3.8) is 0 Å². The number of ether oxygens (including phenoxy) is 6. The lowest BCUT2D eigenvalue weighted by atomic mass is 9.50. The van der Waals surface area contributed by atoms with E-state index in [1.165, 1.54) is 32.9 Å². The van der Waals surface area contributed by atoms with Gasteiger partial charge in [-0.25, -0.2) is 14.4 Å². The van der Waals surface area contributed by atoms with Gasteiger partial charge in [0.2, 0.25) is 6.10 Å². The molecule has 3 aromatic carbocycles. The lowest BCUT2D eigenvalue weighted by molar-refractivity contribution is -0.338. The number of ketones is 1. The van der Waals surface area contributed by atoms with E-state index in [9.17, 15) is 34.5 Å². The Morgan fingerprint density at radius 3 is 2.10 bits per heavy atom. The molecule has 17 heteroatoms. The number of esters is 4. The maximum absolute atomic E-state index is 15.3. The minimum atomic E-state index is -2.34. The second kappa shape index (κ2) is 22.3. The van der Waals surface area contributed by atoms with Gasteiger partial charge in [0.05, 0.1) is 29.6 Å². The van der Waals surface area contributed by atoms with Gasteiger partial charge in [-0.2, -0.15) is 0 Å². The van der Waals surface area contributed by atoms with Gasteiger partial charge >= 0.3 is 30.0 Å². The molecule has 0 radical (unpaired) electrons. The van der Waals surface area contributed by atoms with Crippen molar-refractivity contribution in [2.45, 2.75) is 154 Å². The lowest BCUT2D eigenvalue weighted by Gasteiger charge is -2.64. The molecule has 0 unspecified atom stereocenters. The van der Waals surface area contributed by atoms with Crippen molar-refractivity contribution in [2.24, 2.45) is 17.3 Å². The summed E-state index contributed by atoms with van der Waals surface area (Å²) < 4.78 is 37.3. The van der Waals surface area contributed by atoms with Gasteiger partial charge in [-0.15, -0.1) is 0 Å². The van der Waals surface area contributed by atoms with Gasteiger partial charge in [0.25, 0.3) is 0 Å². The highest BCUT2D eigenvalue weighted by atomic mass is 127. The molecule has 1 aliphatic heterocycles. The van der Waals surface area contributed by atoms with E-state index in [2.05, 4.69) is 27.9 Å². The van der Waals surface area contributed by atoms with Crippen molar-refractivity contribution in [2.75, 3.05) is 6.61 Å². The van der Waals surface area contributed by atoms with Crippen LogP contribution >= 0.6 is 22.6 Å². The van der Waals surface area contributed by atoms with Gasteiger partial charge in [0.1, 0.15) is 41.7 Å². The van der Waals surface area contributed by atoms with E-state index in [0.29, 0.717) is 18.4 Å². The summed E-state index contributed by atoms with van der Waals surface area (Å²) >= 11 is 2.20. The standard InChI is InChI=1S/C54H66INO15/c1-30(2)41-31(3)37(67-49(63)44(68-40(59)22-16-17-33-23-25-36(55)26-24-33)42(34-18-12-10-13-19-34)56-50(64)71-51(5,6)7)28-52(8,65)47(69-48(62)35-20-14-11-15-21-35)45-53(9,46(61)43(41)60)38(58)27-39-54(45,29-66-39)70-32(4)57/h10-15,18-21,23-26,30,37-39,42-45,47,58,60,65H,16-17,22,27-29H2,1-9H3,(H,56,64)/b41-31+/t37-,38-,39+,42-,43+,44+,45-,47-,52+,53+,54-/m0/s1. The van der Waals surface area contributed by atoms with E-state index in [1.54, 1.807) is 83.1 Å². The van der Waals surface area contributed by atoms with Crippen molar-refractivity contribution < 1.29 is 72.5 Å². The highest BCUT2D eigenvalue weighted by Gasteiger charge is 2.74. The van der Waals surface area contributed by atoms with Crippen molar-refractivity contribution in [1.82, 2.24) is 5.32 Å². The molecule has 4 N–H and O–H groups in total. The number of aliphatic hydroxyl groups is 3. The minimum absolute atomic E-state index is 0.0570. The minimum Gasteiger partial charge on any atom is -0.455 e. The molecule has 6 rings (SSSR count). The Labute approximate surface area is 428 Å². The summed E-state index contributed by atoms with van der Waals surface area (Å²) in [7, 11) is 0. The first kappa shape index (κ1) is 55.1. The van der Waals surface area contributed by atoms with Crippen LogP contribution in [0.3, 0.4) is 0 Å². The van der Waals surface area contributed by atoms with Gasteiger partial charge in [-0.1, -0.05) is 74.5 Å². The van der Waals surface area contributed by atoms with Gasteiger partial charge in [0, 0.05) is 29.8 Å². The van der Waals surface area contributed by atoms with E-state index >= 15 is 9.59 Å². The molecular formula is C54H66INO15. The van der Waals surface area contributed by atoms with Crippen LogP contribution in [0.5, 0.6) is 0 Å². The van der Waals surface area contributed by atoms with E-state index in [4.69, 9.17) is 28.4 Å². The highest BCUT2D eigenvalue weighted by Crippen LogP contribution is 2.59. The fraction of sp³-hybridized carbons (Fsp3) is 0.519. The molecule has 1 heterocycles. The highest BCUT2D eigenvalue weighted by molar-refractivity contribution is 14.1. The molecule has 3 aromatic rings. The van der Waals surface area contributed by atoms with Crippen LogP contribution in [0.4, 0.5) is 4.79 Å². The second-order valence-corrected chi connectivity index (χ2v) is 21.8. The average molecular weight is 1100 g/mol. The van der Waals surface area contributed by atoms with E-state index in [1.807, 2.05) is 24.3 Å². The first-order chi connectivity index (χ1) is 33.3. The number of aliphatic hydroxyl groups excluding tert-OH is 2. The predicted molar refractivity (Wildman–Crippen MR) is 266 cm³/mol. The van der Waals surface area contributed by atoms with Gasteiger partial charge < -0.3 is 49.1 Å². The van der Waals surface area contributed by atoms with Crippen LogP contribution in [0.2, 0.25) is 0 Å². The predicted octanol–water partition coefficient (Wildman–Crippen LogP) is 7.07. The number of halogens is 1. The van der Waals surface area contributed by atoms with Crippen molar-refractivity contribution in [3.05, 3.63) is 116 Å². The molecule has 11 atom stereocenters. The van der Waals surface area contributed by atoms with E-state index in [-0.39, 0.29) is 36.2 Å². The lowest BCUT2D eigenvalue weighted by Crippen LogP contribution is -2.79. The fourth-order valence-corrected chi connectivity index (χ4v) is 10.6. The van der Waals surface area contributed by atoms with Crippen LogP contribution in [0, 0.1) is 20.8 Å². The van der Waals surface area contributed by atoms with Gasteiger partial charge in [-0.3, -0.25) is 14.4 Å². The van der Waals surface area contributed by atoms with Crippen molar-refractivity contribution >= 4 is 58.3 Å². The molecule has 3 aliphatic rings. The third-order valence-corrected chi connectivity index (χ3v) is 14.4. The molecule has 16 nitrogen and oxygen atoms in total. The molecule has 0 aromatic heterocycles. The molecule has 1 amide bonds. The Morgan fingerprint density at radius 1 is 0.915 bits per heavy atom. The number of hydrogen-bond acceptors (Lipinski definition) is 15. The van der Waals surface area contributed by atoms with Crippen LogP contribution in [-0.4, -0.2) is 111 Å². The fourth-order valence-electron chi connectivity index (χ4n) is 10.3. The molecular weight excluding hydrogens is 1030 g/mol. The Hall–Kier alpha value is -5.21. The first-order valence-corrected chi connectivity index (χ1v) is 25.0. The van der Waals surface area contributed by atoms with Crippen molar-refractivity contribution in [3.8, 4) is 0 Å². The molecule has 1 saturated carbocycles. The van der Waals surface area contributed by atoms with E-state index in [0.717, 1.165) is 16.1 Å². The summed E-state index contributed by atoms with van der Waals surface area (Å²) in [5.74, 6) is -6.89. The number of aryl methyl sites for hydroxylation is 1. The summed E-state index contributed by atoms with van der Waals surface area (Å²) in [4.78, 5) is 85.3. The maximum Gasteiger partial charge on any atom is 0.408 e. The van der Waals surface area contributed by atoms with Gasteiger partial charge in [0.15, 0.2) is 11.4 Å². The molecule has 1 saturated heterocycles. The van der Waals surface area contributed by atoms with Crippen LogP contribution in [0.25, 0.3) is 0 Å². The molecule has 384 valence electrons. The third-order valence-electron chi connectivity index (χ3n) is 13.7. The smallest absolute Gasteiger partial charge is 0.408 e. The Bertz CT molecular complexity index is 2450. The quantitative estimate of drug-likeness (QED) is 0.0547. The number of alkyl carbamates (subject to hydrolysis) is 1. The zero-order valence-electron chi connectivity index (χ0n) is 41.6. The number of fused-ring (bicyclic) bond motifs is 3. The number of carbonyl (C=O) groups is 6. The Kier molecular flexibility index (Phi) is 17.3. The number of rotatable bonds is 14. The topological polar surface area (TPSA) is 231 Å². The summed E-state index contributed by atoms with van der Waals surface area (Å²) in [5, 5.41) is 40.4. The van der Waals surface area contributed by atoms with Crippen LogP contribution in [-0.2, 0) is 54.0 Å². The maximum atomic E-state index is 15.3. The number of Topliss-reactive ketones (excluding diaryl/α,β-unsaturated/α-hetero) is 1. The number of amides is 1. The third kappa shape index (κ3) is 12.4. The average Bonchev–Trinajstić information content (AvgIpc) is 3.29. The van der Waals surface area contributed by atoms with E-state index < -0.39 is 119 Å². The number of benzene rings is 3. The molecule has 0 bridgehead atoms. The SMILES string of the molecule is CC(=O)O[C@@]12CO[C@@H]1C[C@H](O)[C@@]1(C)C(=O)[C@H](O)/C(C(C)C)=C(\C)[C@@H](OC(=O)[C@H](OC(=O)CCCc3ccc(I)cc3)[C@@H](NC(=O)OC(C)(C)C)c3ccccc3)C[C@@](C)(O)[C@@H](OC(=O)c3ccccc3)[C@H]21. The number of hydrogen-bond donors (Lipinski definition) is 4. The number of nitrogens with one attached hydrogen (secondary N) is 1. The zero-order valence-corrected chi connectivity index (χ0v) is 43.8. The molecule has 0 spiro atoms. The second-order valence-electron chi connectivity index (χ2n) is 20.5. The summed E-state index contributed by atoms with van der Waals surface area (Å²) in [6.45, 7) is 13.4. The van der Waals surface area contributed by atoms with Crippen molar-refractivity contribution in [1.29, 1.82) is 0 Å². The molecule has 71 heavy (non-hydrogen) atoms. The van der Waals surface area contributed by atoms with Gasteiger partial charge in [-0.05, 0) is 129 Å².